The number of nitrogens with zero attached hydrogens (tertiary/aromatic N) is 1. The number of β-amino-alcohol motifs (C(OH)–C–C–N with tert-alkyl or cyclic N) is 1. The second-order valence-corrected chi connectivity index (χ2v) is 8.50. The van der Waals surface area contributed by atoms with Gasteiger partial charge < -0.3 is 5.11 Å². The van der Waals surface area contributed by atoms with Gasteiger partial charge in [-0.05, 0) is 35.7 Å². The van der Waals surface area contributed by atoms with Crippen molar-refractivity contribution < 1.29 is 13.5 Å². The molecule has 2 aromatic rings. The fourth-order valence-corrected chi connectivity index (χ4v) is 3.73. The molecule has 1 N–H and O–H groups in total. The van der Waals surface area contributed by atoms with Crippen molar-refractivity contribution in [3.63, 3.8) is 0 Å². The number of hydrogen-bond acceptors (Lipinski definition) is 4. The van der Waals surface area contributed by atoms with E-state index in [1.54, 1.807) is 31.2 Å². The molecule has 0 amide bonds. The van der Waals surface area contributed by atoms with Crippen molar-refractivity contribution >= 4 is 9.84 Å². The predicted molar refractivity (Wildman–Crippen MR) is 89.7 cm³/mol. The van der Waals surface area contributed by atoms with Crippen LogP contribution in [0, 0.1) is 0 Å². The van der Waals surface area contributed by atoms with Crippen LogP contribution in [-0.4, -0.2) is 31.2 Å². The molecule has 0 fully saturated rings. The van der Waals surface area contributed by atoms with Gasteiger partial charge in [0, 0.05) is 25.9 Å². The minimum Gasteiger partial charge on any atom is -0.384 e. The van der Waals surface area contributed by atoms with Crippen LogP contribution in [0.15, 0.2) is 53.4 Å². The van der Waals surface area contributed by atoms with Crippen LogP contribution in [-0.2, 0) is 28.5 Å². The smallest absolute Gasteiger partial charge is 0.175 e. The summed E-state index contributed by atoms with van der Waals surface area (Å²) in [5, 5.41) is 10.8. The van der Waals surface area contributed by atoms with Gasteiger partial charge in [-0.25, -0.2) is 8.42 Å². The fourth-order valence-electron chi connectivity index (χ4n) is 3.10. The molecule has 2 aromatic carbocycles. The van der Waals surface area contributed by atoms with Gasteiger partial charge in [0.25, 0.3) is 0 Å². The van der Waals surface area contributed by atoms with E-state index < -0.39 is 15.4 Å². The quantitative estimate of drug-likeness (QED) is 0.934. The molecule has 1 unspecified atom stereocenters. The monoisotopic (exact) mass is 331 g/mol. The van der Waals surface area contributed by atoms with Crippen LogP contribution >= 0.6 is 0 Å². The molecule has 0 radical (unpaired) electrons. The van der Waals surface area contributed by atoms with E-state index in [4.69, 9.17) is 0 Å². The van der Waals surface area contributed by atoms with Gasteiger partial charge in [0.05, 0.1) is 10.5 Å². The summed E-state index contributed by atoms with van der Waals surface area (Å²) in [5.41, 5.74) is 2.30. The van der Waals surface area contributed by atoms with Gasteiger partial charge in [-0.1, -0.05) is 36.4 Å². The zero-order chi connectivity index (χ0) is 16.7. The van der Waals surface area contributed by atoms with Crippen LogP contribution in [0.4, 0.5) is 0 Å². The number of fused-ring (bicyclic) bond motifs is 1. The molecule has 5 heteroatoms. The molecule has 0 saturated heterocycles. The van der Waals surface area contributed by atoms with Crippen molar-refractivity contribution in [2.75, 3.05) is 12.8 Å². The van der Waals surface area contributed by atoms with Crippen molar-refractivity contribution in [3.8, 4) is 0 Å². The number of aliphatic hydroxyl groups is 1. The Labute approximate surface area is 137 Å². The standard InChI is InChI=1S/C18H21NO3S/c1-18(20,16-7-9-17(10-8-16)23(2,21)22)13-19-11-14-5-3-4-6-15(14)12-19/h3-10,20H,11-13H2,1-2H3. The zero-order valence-electron chi connectivity index (χ0n) is 13.4. The second kappa shape index (κ2) is 5.74. The first-order chi connectivity index (χ1) is 10.8. The maximum absolute atomic E-state index is 11.5. The Kier molecular flexibility index (Phi) is 4.04. The molecule has 122 valence electrons. The molecule has 1 aliphatic rings. The van der Waals surface area contributed by atoms with Crippen molar-refractivity contribution in [1.82, 2.24) is 4.90 Å². The summed E-state index contributed by atoms with van der Waals surface area (Å²) in [6.07, 6.45) is 1.18. The SMILES string of the molecule is CC(O)(CN1Cc2ccccc2C1)c1ccc(S(C)(=O)=O)cc1. The third-order valence-corrected chi connectivity index (χ3v) is 5.47. The first kappa shape index (κ1) is 16.2. The van der Waals surface area contributed by atoms with Gasteiger partial charge in [0.2, 0.25) is 0 Å². The summed E-state index contributed by atoms with van der Waals surface area (Å²) in [5.74, 6) is 0. The minimum atomic E-state index is -3.22. The van der Waals surface area contributed by atoms with Crippen molar-refractivity contribution in [2.45, 2.75) is 30.5 Å². The van der Waals surface area contributed by atoms with Crippen LogP contribution in [0.25, 0.3) is 0 Å². The Morgan fingerprint density at radius 3 is 2.04 bits per heavy atom. The Morgan fingerprint density at radius 2 is 1.57 bits per heavy atom. The van der Waals surface area contributed by atoms with E-state index in [1.165, 1.54) is 17.4 Å². The lowest BCUT2D eigenvalue weighted by molar-refractivity contribution is 0.0145. The van der Waals surface area contributed by atoms with Crippen LogP contribution in [0.3, 0.4) is 0 Å². The highest BCUT2D eigenvalue weighted by Gasteiger charge is 2.29. The van der Waals surface area contributed by atoms with Gasteiger partial charge in [-0.15, -0.1) is 0 Å². The first-order valence-electron chi connectivity index (χ1n) is 7.58. The van der Waals surface area contributed by atoms with Crippen molar-refractivity contribution in [3.05, 3.63) is 65.2 Å². The average molecular weight is 331 g/mol. The van der Waals surface area contributed by atoms with Gasteiger partial charge in [-0.2, -0.15) is 0 Å². The van der Waals surface area contributed by atoms with Gasteiger partial charge in [-0.3, -0.25) is 4.90 Å². The summed E-state index contributed by atoms with van der Waals surface area (Å²) in [4.78, 5) is 2.47. The van der Waals surface area contributed by atoms with E-state index in [9.17, 15) is 13.5 Å². The lowest BCUT2D eigenvalue weighted by Crippen LogP contribution is -2.36. The highest BCUT2D eigenvalue weighted by molar-refractivity contribution is 7.90. The van der Waals surface area contributed by atoms with E-state index in [2.05, 4.69) is 17.0 Å². The zero-order valence-corrected chi connectivity index (χ0v) is 14.2. The lowest BCUT2D eigenvalue weighted by Gasteiger charge is -2.29. The number of rotatable bonds is 4. The van der Waals surface area contributed by atoms with Gasteiger partial charge in [0.1, 0.15) is 0 Å². The van der Waals surface area contributed by atoms with Crippen molar-refractivity contribution in [1.29, 1.82) is 0 Å². The van der Waals surface area contributed by atoms with Crippen LogP contribution in [0.1, 0.15) is 23.6 Å². The maximum Gasteiger partial charge on any atom is 0.175 e. The normalized spacial score (nSPS) is 17.7. The predicted octanol–water partition coefficient (Wildman–Crippen LogP) is 2.31. The number of benzene rings is 2. The number of hydrogen-bond donors (Lipinski definition) is 1. The van der Waals surface area contributed by atoms with Crippen LogP contribution in [0.2, 0.25) is 0 Å². The van der Waals surface area contributed by atoms with E-state index in [1.807, 2.05) is 12.1 Å². The van der Waals surface area contributed by atoms with E-state index in [-0.39, 0.29) is 4.90 Å². The molecule has 0 saturated carbocycles. The third kappa shape index (κ3) is 3.47. The molecule has 1 atom stereocenters. The molecule has 3 rings (SSSR count). The molecule has 1 heterocycles. The Bertz CT molecular complexity index is 785. The molecule has 0 bridgehead atoms. The summed E-state index contributed by atoms with van der Waals surface area (Å²) in [6.45, 7) is 3.92. The largest absolute Gasteiger partial charge is 0.384 e. The maximum atomic E-state index is 11.5. The molecular weight excluding hydrogens is 310 g/mol. The molecule has 0 aliphatic carbocycles. The molecule has 23 heavy (non-hydrogen) atoms. The summed E-state index contributed by atoms with van der Waals surface area (Å²) in [7, 11) is -3.22. The highest BCUT2D eigenvalue weighted by Crippen LogP contribution is 2.28. The van der Waals surface area contributed by atoms with E-state index >= 15 is 0 Å². The third-order valence-electron chi connectivity index (χ3n) is 4.34. The first-order valence-corrected chi connectivity index (χ1v) is 9.47. The molecule has 4 nitrogen and oxygen atoms in total. The van der Waals surface area contributed by atoms with E-state index in [0.29, 0.717) is 6.54 Å². The Morgan fingerprint density at radius 1 is 1.04 bits per heavy atom. The highest BCUT2D eigenvalue weighted by atomic mass is 32.2. The summed E-state index contributed by atoms with van der Waals surface area (Å²) in [6, 6.07) is 14.8. The minimum absolute atomic E-state index is 0.269. The van der Waals surface area contributed by atoms with Gasteiger partial charge in [0.15, 0.2) is 9.84 Å². The molecule has 1 aliphatic heterocycles. The summed E-state index contributed by atoms with van der Waals surface area (Å²) < 4.78 is 23.1. The second-order valence-electron chi connectivity index (χ2n) is 6.48. The van der Waals surface area contributed by atoms with E-state index in [0.717, 1.165) is 18.7 Å². The van der Waals surface area contributed by atoms with Crippen LogP contribution < -0.4 is 0 Å². The molecular formula is C18H21NO3S. The molecule has 0 spiro atoms. The van der Waals surface area contributed by atoms with Crippen LogP contribution in [0.5, 0.6) is 0 Å². The van der Waals surface area contributed by atoms with Crippen molar-refractivity contribution in [2.24, 2.45) is 0 Å². The Balaban J connectivity index is 1.75. The summed E-state index contributed by atoms with van der Waals surface area (Å²) >= 11 is 0. The topological polar surface area (TPSA) is 57.6 Å². The lowest BCUT2D eigenvalue weighted by atomic mass is 9.95. The number of sulfone groups is 1. The van der Waals surface area contributed by atoms with Gasteiger partial charge >= 0.3 is 0 Å². The average Bonchev–Trinajstić information content (AvgIpc) is 2.87. The fraction of sp³-hybridized carbons (Fsp3) is 0.333. The molecule has 0 aromatic heterocycles. The Hall–Kier alpha value is -1.69.